The summed E-state index contributed by atoms with van der Waals surface area (Å²) in [5, 5.41) is 12.9. The molecule has 110 valence electrons. The largest absolute Gasteiger partial charge is 0.497 e. The van der Waals surface area contributed by atoms with Gasteiger partial charge in [-0.05, 0) is 42.0 Å². The van der Waals surface area contributed by atoms with Crippen molar-refractivity contribution in [2.75, 3.05) is 25.8 Å². The molecule has 1 unspecified atom stereocenters. The predicted octanol–water partition coefficient (Wildman–Crippen LogP) is 2.57. The predicted molar refractivity (Wildman–Crippen MR) is 79.0 cm³/mol. The molecule has 1 atom stereocenters. The van der Waals surface area contributed by atoms with Crippen LogP contribution < -0.4 is 19.5 Å². The summed E-state index contributed by atoms with van der Waals surface area (Å²) in [4.78, 5) is 0. The molecule has 2 N–H and O–H groups in total. The van der Waals surface area contributed by atoms with Gasteiger partial charge in [-0.3, -0.25) is 0 Å². The van der Waals surface area contributed by atoms with Gasteiger partial charge in [0.2, 0.25) is 6.79 Å². The number of hydrogen-bond donors (Lipinski definition) is 2. The topological polar surface area (TPSA) is 60.0 Å². The van der Waals surface area contributed by atoms with Crippen LogP contribution in [0.3, 0.4) is 0 Å². The lowest BCUT2D eigenvalue weighted by Crippen LogP contribution is -2.14. The molecule has 0 aliphatic carbocycles. The maximum atomic E-state index is 9.63. The van der Waals surface area contributed by atoms with E-state index in [0.29, 0.717) is 5.75 Å². The number of nitrogens with one attached hydrogen (secondary N) is 1. The van der Waals surface area contributed by atoms with Gasteiger partial charge in [-0.1, -0.05) is 6.07 Å². The second kappa shape index (κ2) is 5.93. The molecule has 0 spiro atoms. The fourth-order valence-electron chi connectivity index (χ4n) is 2.25. The lowest BCUT2D eigenvalue weighted by atomic mass is 10.1. The fraction of sp³-hybridized carbons (Fsp3) is 0.250. The maximum absolute atomic E-state index is 9.63. The second-order valence-electron chi connectivity index (χ2n) is 4.72. The summed E-state index contributed by atoms with van der Waals surface area (Å²) in [7, 11) is 1.63. The van der Waals surface area contributed by atoms with Gasteiger partial charge in [-0.15, -0.1) is 0 Å². The lowest BCUT2D eigenvalue weighted by Gasteiger charge is -2.18. The summed E-state index contributed by atoms with van der Waals surface area (Å²) in [5.41, 5.74) is 1.85. The standard InChI is InChI=1S/C16H17NO4/c1-19-13-5-3-12(4-6-13)17-14(9-18)11-2-7-15-16(8-11)21-10-20-15/h2-8,14,17-18H,9-10H2,1H3. The van der Waals surface area contributed by atoms with Crippen LogP contribution in [-0.4, -0.2) is 25.6 Å². The van der Waals surface area contributed by atoms with Gasteiger partial charge in [0.1, 0.15) is 5.75 Å². The first-order valence-electron chi connectivity index (χ1n) is 6.71. The summed E-state index contributed by atoms with van der Waals surface area (Å²) in [5.74, 6) is 2.24. The molecule has 0 saturated heterocycles. The monoisotopic (exact) mass is 287 g/mol. The van der Waals surface area contributed by atoms with Crippen LogP contribution in [0, 0.1) is 0 Å². The number of aliphatic hydroxyl groups is 1. The zero-order valence-corrected chi connectivity index (χ0v) is 11.7. The van der Waals surface area contributed by atoms with Crippen LogP contribution in [0.1, 0.15) is 11.6 Å². The summed E-state index contributed by atoms with van der Waals surface area (Å²) < 4.78 is 15.8. The van der Waals surface area contributed by atoms with Gasteiger partial charge in [-0.2, -0.15) is 0 Å². The third-order valence-electron chi connectivity index (χ3n) is 3.41. The van der Waals surface area contributed by atoms with Crippen LogP contribution in [0.15, 0.2) is 42.5 Å². The number of hydrogen-bond acceptors (Lipinski definition) is 5. The number of aliphatic hydroxyl groups excluding tert-OH is 1. The van der Waals surface area contributed by atoms with E-state index in [-0.39, 0.29) is 19.4 Å². The average molecular weight is 287 g/mol. The molecule has 0 saturated carbocycles. The highest BCUT2D eigenvalue weighted by Gasteiger charge is 2.17. The Morgan fingerprint density at radius 3 is 2.62 bits per heavy atom. The van der Waals surface area contributed by atoms with Gasteiger partial charge in [0, 0.05) is 5.69 Å². The smallest absolute Gasteiger partial charge is 0.231 e. The van der Waals surface area contributed by atoms with E-state index in [9.17, 15) is 5.11 Å². The SMILES string of the molecule is COc1ccc(NC(CO)c2ccc3c(c2)OCO3)cc1. The van der Waals surface area contributed by atoms with Crippen molar-refractivity contribution >= 4 is 5.69 Å². The van der Waals surface area contributed by atoms with E-state index in [1.807, 2.05) is 42.5 Å². The van der Waals surface area contributed by atoms with Crippen molar-refractivity contribution in [1.29, 1.82) is 0 Å². The summed E-state index contributed by atoms with van der Waals surface area (Å²) in [6.07, 6.45) is 0. The van der Waals surface area contributed by atoms with E-state index in [2.05, 4.69) is 5.32 Å². The molecule has 0 fully saturated rings. The lowest BCUT2D eigenvalue weighted by molar-refractivity contribution is 0.174. The van der Waals surface area contributed by atoms with E-state index < -0.39 is 0 Å². The molecule has 21 heavy (non-hydrogen) atoms. The van der Waals surface area contributed by atoms with Crippen molar-refractivity contribution in [3.63, 3.8) is 0 Å². The van der Waals surface area contributed by atoms with Crippen molar-refractivity contribution in [2.45, 2.75) is 6.04 Å². The Bertz CT molecular complexity index is 612. The molecule has 0 bridgehead atoms. The van der Waals surface area contributed by atoms with Gasteiger partial charge in [0.25, 0.3) is 0 Å². The molecule has 1 aliphatic heterocycles. The van der Waals surface area contributed by atoms with Crippen molar-refractivity contribution in [1.82, 2.24) is 0 Å². The first-order chi connectivity index (χ1) is 10.3. The maximum Gasteiger partial charge on any atom is 0.231 e. The number of rotatable bonds is 5. The van der Waals surface area contributed by atoms with E-state index >= 15 is 0 Å². The second-order valence-corrected chi connectivity index (χ2v) is 4.72. The molecule has 0 radical (unpaired) electrons. The number of ether oxygens (including phenoxy) is 3. The van der Waals surface area contributed by atoms with E-state index in [0.717, 1.165) is 22.7 Å². The Hall–Kier alpha value is -2.40. The molecule has 5 heteroatoms. The minimum atomic E-state index is -0.215. The number of methoxy groups -OCH3 is 1. The van der Waals surface area contributed by atoms with Crippen LogP contribution in [0.2, 0.25) is 0 Å². The van der Waals surface area contributed by atoms with E-state index in [4.69, 9.17) is 14.2 Å². The summed E-state index contributed by atoms with van der Waals surface area (Å²) >= 11 is 0. The Balaban J connectivity index is 1.78. The van der Waals surface area contributed by atoms with Gasteiger partial charge in [0.05, 0.1) is 19.8 Å². The average Bonchev–Trinajstić information content (AvgIpc) is 3.00. The number of fused-ring (bicyclic) bond motifs is 1. The van der Waals surface area contributed by atoms with Crippen molar-refractivity contribution < 1.29 is 19.3 Å². The van der Waals surface area contributed by atoms with Crippen molar-refractivity contribution in [3.05, 3.63) is 48.0 Å². The molecule has 2 aromatic carbocycles. The highest BCUT2D eigenvalue weighted by molar-refractivity contribution is 5.51. The van der Waals surface area contributed by atoms with Crippen molar-refractivity contribution in [2.24, 2.45) is 0 Å². The molecule has 1 heterocycles. The van der Waals surface area contributed by atoms with Crippen LogP contribution in [0.25, 0.3) is 0 Å². The van der Waals surface area contributed by atoms with Gasteiger partial charge < -0.3 is 24.6 Å². The minimum Gasteiger partial charge on any atom is -0.497 e. The van der Waals surface area contributed by atoms with Crippen molar-refractivity contribution in [3.8, 4) is 17.2 Å². The minimum absolute atomic E-state index is 0.0221. The van der Waals surface area contributed by atoms with Gasteiger partial charge in [-0.25, -0.2) is 0 Å². The van der Waals surface area contributed by atoms with E-state index in [1.54, 1.807) is 7.11 Å². The summed E-state index contributed by atoms with van der Waals surface area (Å²) in [6, 6.07) is 13.0. The van der Waals surface area contributed by atoms with Gasteiger partial charge >= 0.3 is 0 Å². The molecule has 0 aromatic heterocycles. The first-order valence-corrected chi connectivity index (χ1v) is 6.71. The normalized spacial score (nSPS) is 13.8. The first kappa shape index (κ1) is 13.6. The zero-order valence-electron chi connectivity index (χ0n) is 11.7. The van der Waals surface area contributed by atoms with Crippen LogP contribution in [0.4, 0.5) is 5.69 Å². The van der Waals surface area contributed by atoms with Crippen LogP contribution in [-0.2, 0) is 0 Å². The Morgan fingerprint density at radius 1 is 1.14 bits per heavy atom. The molecule has 3 rings (SSSR count). The molecule has 1 aliphatic rings. The third kappa shape index (κ3) is 2.87. The zero-order chi connectivity index (χ0) is 14.7. The Kier molecular flexibility index (Phi) is 3.83. The van der Waals surface area contributed by atoms with E-state index in [1.165, 1.54) is 0 Å². The quantitative estimate of drug-likeness (QED) is 0.885. The summed E-state index contributed by atoms with van der Waals surface area (Å²) in [6.45, 7) is 0.222. The molecular weight excluding hydrogens is 270 g/mol. The number of benzene rings is 2. The molecule has 0 amide bonds. The van der Waals surface area contributed by atoms with Gasteiger partial charge in [0.15, 0.2) is 11.5 Å². The third-order valence-corrected chi connectivity index (χ3v) is 3.41. The molecular formula is C16H17NO4. The Labute approximate surface area is 123 Å². The molecule has 5 nitrogen and oxygen atoms in total. The van der Waals surface area contributed by atoms with Crippen LogP contribution in [0.5, 0.6) is 17.2 Å². The highest BCUT2D eigenvalue weighted by atomic mass is 16.7. The number of anilines is 1. The molecule has 2 aromatic rings. The highest BCUT2D eigenvalue weighted by Crippen LogP contribution is 2.34. The van der Waals surface area contributed by atoms with Crippen LogP contribution >= 0.6 is 0 Å². The fourth-order valence-corrected chi connectivity index (χ4v) is 2.25. The Morgan fingerprint density at radius 2 is 1.90 bits per heavy atom.